The summed E-state index contributed by atoms with van der Waals surface area (Å²) < 4.78 is 47.7. The molecule has 104 heavy (non-hydrogen) atoms. The molecule has 1 unspecified atom stereocenters. The molecule has 4 saturated heterocycles. The van der Waals surface area contributed by atoms with Gasteiger partial charge < -0.3 is 42.8 Å². The third-order valence-electron chi connectivity index (χ3n) is 20.9. The van der Waals surface area contributed by atoms with E-state index < -0.39 is 0 Å². The number of carbonyl (C=O) groups excluding carboxylic acids is 4. The Hall–Kier alpha value is -9.32. The van der Waals surface area contributed by atoms with E-state index in [1.165, 1.54) is 77.3 Å². The Labute approximate surface area is 613 Å². The molecule has 8 aromatic rings. The molecule has 4 heterocycles. The fraction of sp³-hybridized carbons (Fsp3) is 0.409. The normalized spacial score (nSPS) is 16.4. The maximum atomic E-state index is 13.1. The van der Waals surface area contributed by atoms with Gasteiger partial charge in [0, 0.05) is 47.9 Å². The summed E-state index contributed by atoms with van der Waals surface area (Å²) in [6, 6.07) is 46.9. The number of hydrogen-bond acceptors (Lipinski definition) is 16. The maximum Gasteiger partial charge on any atom is 0.198 e. The first-order chi connectivity index (χ1) is 51.1. The molecule has 4 aliphatic carbocycles. The van der Waals surface area contributed by atoms with Crippen LogP contribution in [0.2, 0.25) is 0 Å². The summed E-state index contributed by atoms with van der Waals surface area (Å²) in [5.74, 6) is 5.16. The molecule has 1 atom stereocenters. The molecule has 4 aliphatic heterocycles. The summed E-state index contributed by atoms with van der Waals surface area (Å²) in [5, 5.41) is 0. The second-order valence-electron chi connectivity index (χ2n) is 27.6. The van der Waals surface area contributed by atoms with Crippen molar-refractivity contribution in [3.63, 3.8) is 0 Å². The number of carbonyl (C=O) groups is 4. The van der Waals surface area contributed by atoms with Crippen molar-refractivity contribution in [2.24, 2.45) is 0 Å². The number of likely N-dealkylation sites (tertiary alicyclic amines) is 4. The van der Waals surface area contributed by atoms with Crippen LogP contribution in [0.5, 0.6) is 46.0 Å². The molecule has 0 bridgehead atoms. The third-order valence-corrected chi connectivity index (χ3v) is 20.9. The standard InChI is InChI=1S/C23H27NO3.2C22H25NO3.C21H23NO3/c1-3-26-20-12-11-18-17-9-5-6-10-19(17)22(25)21(18)23(20)27-15-16(2)24-13-7-4-8-14-24;1-2-25-19-11-10-17-16-8-4-5-9-18(16)21(24)20(17)22(19)26-15-14-23-12-6-3-7-13-23;1-2-25-19-11-10-17-16-8-3-4-9-18(16)21(24)20(17)22(19)26-15-7-14-23-12-5-6-13-23;1-2-24-18-10-9-16-15-7-3-4-8-17(15)20(23)19(16)21(18)25-14-13-22-11-5-6-12-22/h5-6,9-12,16H,3-4,7-8,13-15H2,1-2H3;4-5,8-11H,2-3,6-7,12-15H2,1H3;3-4,8-11H,2,5-7,12-15H2,1H3;3-4,7-10H,2,5-6,11-14H2,1H3. The van der Waals surface area contributed by atoms with Crippen molar-refractivity contribution in [3.05, 3.63) is 190 Å². The average molecular weight is 1410 g/mol. The fourth-order valence-corrected chi connectivity index (χ4v) is 15.8. The number of fused-ring (bicyclic) bond motifs is 12. The lowest BCUT2D eigenvalue weighted by molar-refractivity contribution is 0.102. The predicted octanol–water partition coefficient (Wildman–Crippen LogP) is 16.6. The first-order valence-corrected chi connectivity index (χ1v) is 38.3. The third kappa shape index (κ3) is 16.0. The molecule has 16 nitrogen and oxygen atoms in total. The molecule has 8 aromatic carbocycles. The Kier molecular flexibility index (Phi) is 24.6. The zero-order valence-corrected chi connectivity index (χ0v) is 61.3. The zero-order chi connectivity index (χ0) is 71.9. The van der Waals surface area contributed by atoms with Gasteiger partial charge in [-0.15, -0.1) is 0 Å². The van der Waals surface area contributed by atoms with Gasteiger partial charge in [0.1, 0.15) is 19.8 Å². The van der Waals surface area contributed by atoms with Gasteiger partial charge in [0.2, 0.25) is 0 Å². The molecule has 16 heteroatoms. The molecule has 0 radical (unpaired) electrons. The van der Waals surface area contributed by atoms with E-state index in [1.807, 2.05) is 173 Å². The maximum absolute atomic E-state index is 13.1. The van der Waals surface area contributed by atoms with Crippen LogP contribution in [0.1, 0.15) is 169 Å². The Balaban J connectivity index is 0.000000123. The van der Waals surface area contributed by atoms with Crippen LogP contribution in [0.25, 0.3) is 44.5 Å². The average Bonchev–Trinajstić information content (AvgIpc) is 1.63. The van der Waals surface area contributed by atoms with Gasteiger partial charge >= 0.3 is 0 Å². The van der Waals surface area contributed by atoms with Crippen molar-refractivity contribution < 1.29 is 57.1 Å². The Morgan fingerprint density at radius 3 is 0.875 bits per heavy atom. The summed E-state index contributed by atoms with van der Waals surface area (Å²) in [6.45, 7) is 26.5. The molecule has 4 fully saturated rings. The first kappa shape index (κ1) is 73.0. The van der Waals surface area contributed by atoms with Crippen LogP contribution >= 0.6 is 0 Å². The lowest BCUT2D eigenvalue weighted by Crippen LogP contribution is -2.40. The van der Waals surface area contributed by atoms with Gasteiger partial charge in [-0.05, 0) is 238 Å². The zero-order valence-electron chi connectivity index (χ0n) is 61.3. The number of benzene rings is 8. The van der Waals surface area contributed by atoms with Crippen molar-refractivity contribution in [1.29, 1.82) is 0 Å². The minimum Gasteiger partial charge on any atom is -0.490 e. The van der Waals surface area contributed by atoms with E-state index >= 15 is 0 Å². The number of hydrogen-bond donors (Lipinski definition) is 0. The first-order valence-electron chi connectivity index (χ1n) is 38.3. The van der Waals surface area contributed by atoms with Crippen LogP contribution in [0, 0.1) is 0 Å². The molecular formula is C88H100N4O12. The monoisotopic (exact) mass is 1400 g/mol. The molecule has 0 N–H and O–H groups in total. The highest BCUT2D eigenvalue weighted by molar-refractivity contribution is 6.26. The molecule has 16 rings (SSSR count). The van der Waals surface area contributed by atoms with Gasteiger partial charge in [-0.25, -0.2) is 0 Å². The minimum atomic E-state index is 0.0304. The summed E-state index contributed by atoms with van der Waals surface area (Å²) in [5.41, 5.74) is 13.3. The molecule has 0 aromatic heterocycles. The van der Waals surface area contributed by atoms with Gasteiger partial charge in [-0.3, -0.25) is 33.9 Å². The number of ether oxygens (including phenoxy) is 8. The second-order valence-corrected chi connectivity index (χ2v) is 27.6. The highest BCUT2D eigenvalue weighted by atomic mass is 16.5. The van der Waals surface area contributed by atoms with E-state index in [2.05, 4.69) is 26.5 Å². The van der Waals surface area contributed by atoms with Crippen LogP contribution in [0.3, 0.4) is 0 Å². The summed E-state index contributed by atoms with van der Waals surface area (Å²) in [7, 11) is 0. The highest BCUT2D eigenvalue weighted by Gasteiger charge is 2.37. The van der Waals surface area contributed by atoms with E-state index in [1.54, 1.807) is 0 Å². The van der Waals surface area contributed by atoms with Crippen LogP contribution in [-0.4, -0.2) is 174 Å². The Morgan fingerprint density at radius 1 is 0.288 bits per heavy atom. The predicted molar refractivity (Wildman–Crippen MR) is 409 cm³/mol. The number of nitrogens with zero attached hydrogens (tertiary/aromatic N) is 4. The highest BCUT2D eigenvalue weighted by Crippen LogP contribution is 2.50. The SMILES string of the molecule is CCOc1ccc2c(c1OCC(C)N1CCCCC1)C(=O)c1ccccc1-2.CCOc1ccc2c(c1OCCCN1CCCC1)C(=O)c1ccccc1-2.CCOc1ccc2c(c1OCCN1CCCC1)C(=O)c1ccccc1-2.CCOc1ccc2c(c1OCCN1CCCCC1)C(=O)c1ccccc1-2. The van der Waals surface area contributed by atoms with Crippen molar-refractivity contribution >= 4 is 23.1 Å². The summed E-state index contributed by atoms with van der Waals surface area (Å²) >= 11 is 0. The van der Waals surface area contributed by atoms with E-state index in [9.17, 15) is 19.2 Å². The lowest BCUT2D eigenvalue weighted by atomic mass is 10.0. The van der Waals surface area contributed by atoms with Crippen LogP contribution in [-0.2, 0) is 0 Å². The molecule has 0 amide bonds. The Bertz CT molecular complexity index is 4350. The fourth-order valence-electron chi connectivity index (χ4n) is 15.8. The quantitative estimate of drug-likeness (QED) is 0.0498. The lowest BCUT2D eigenvalue weighted by Gasteiger charge is -2.32. The molecular weight excluding hydrogens is 1300 g/mol. The van der Waals surface area contributed by atoms with E-state index in [4.69, 9.17) is 37.9 Å². The van der Waals surface area contributed by atoms with Crippen LogP contribution in [0.15, 0.2) is 146 Å². The minimum absolute atomic E-state index is 0.0304. The molecule has 544 valence electrons. The van der Waals surface area contributed by atoms with Crippen molar-refractivity contribution in [1.82, 2.24) is 19.6 Å². The molecule has 8 aliphatic rings. The van der Waals surface area contributed by atoms with E-state index in [-0.39, 0.29) is 23.1 Å². The van der Waals surface area contributed by atoms with Gasteiger partial charge in [0.25, 0.3) is 0 Å². The van der Waals surface area contributed by atoms with E-state index in [0.29, 0.717) is 127 Å². The molecule has 0 spiro atoms. The van der Waals surface area contributed by atoms with E-state index in [0.717, 1.165) is 132 Å². The van der Waals surface area contributed by atoms with Gasteiger partial charge in [-0.2, -0.15) is 0 Å². The smallest absolute Gasteiger partial charge is 0.198 e. The second kappa shape index (κ2) is 35.0. The Morgan fingerprint density at radius 2 is 0.558 bits per heavy atom. The van der Waals surface area contributed by atoms with Gasteiger partial charge in [0.15, 0.2) is 69.1 Å². The summed E-state index contributed by atoms with van der Waals surface area (Å²) in [6.07, 6.45) is 13.8. The number of ketones is 4. The van der Waals surface area contributed by atoms with Gasteiger partial charge in [0.05, 0.1) is 55.3 Å². The van der Waals surface area contributed by atoms with Gasteiger partial charge in [-0.1, -0.05) is 110 Å². The number of rotatable bonds is 25. The van der Waals surface area contributed by atoms with Crippen molar-refractivity contribution in [2.75, 3.05) is 125 Å². The van der Waals surface area contributed by atoms with Crippen molar-refractivity contribution in [3.8, 4) is 90.5 Å². The topological polar surface area (TPSA) is 155 Å². The van der Waals surface area contributed by atoms with Crippen LogP contribution < -0.4 is 37.9 Å². The molecule has 0 saturated carbocycles. The number of piperidine rings is 2. The largest absolute Gasteiger partial charge is 0.490 e. The van der Waals surface area contributed by atoms with Crippen LogP contribution in [0.4, 0.5) is 0 Å². The summed E-state index contributed by atoms with van der Waals surface area (Å²) in [4.78, 5) is 61.7. The van der Waals surface area contributed by atoms with Crippen molar-refractivity contribution in [2.45, 2.75) is 111 Å².